The summed E-state index contributed by atoms with van der Waals surface area (Å²) in [5.74, 6) is -1.02. The van der Waals surface area contributed by atoms with Gasteiger partial charge in [-0.2, -0.15) is 0 Å². The van der Waals surface area contributed by atoms with Crippen LogP contribution in [0.15, 0.2) is 18.2 Å². The molecule has 0 spiro atoms. The first-order valence-electron chi connectivity index (χ1n) is 6.67. The number of aliphatic carboxylic acids is 1. The SMILES string of the molecule is Cc1cc(F)ccc1CN1CCCCC1(C)C(=O)O. The molecule has 0 aliphatic carbocycles. The van der Waals surface area contributed by atoms with E-state index in [0.717, 1.165) is 30.5 Å². The minimum Gasteiger partial charge on any atom is -0.480 e. The van der Waals surface area contributed by atoms with Crippen LogP contribution in [0.4, 0.5) is 4.39 Å². The second kappa shape index (κ2) is 5.29. The summed E-state index contributed by atoms with van der Waals surface area (Å²) < 4.78 is 13.1. The summed E-state index contributed by atoms with van der Waals surface area (Å²) in [6.07, 6.45) is 2.63. The number of carboxylic acid groups (broad SMARTS) is 1. The molecule has 4 heteroatoms. The van der Waals surface area contributed by atoms with Crippen LogP contribution in [0.3, 0.4) is 0 Å². The third-order valence-corrected chi connectivity index (χ3v) is 4.17. The lowest BCUT2D eigenvalue weighted by Crippen LogP contribution is -2.54. The van der Waals surface area contributed by atoms with Gasteiger partial charge in [-0.15, -0.1) is 0 Å². The molecule has 1 aliphatic rings. The molecule has 2 rings (SSSR count). The molecule has 1 aromatic carbocycles. The van der Waals surface area contributed by atoms with E-state index in [2.05, 4.69) is 0 Å². The largest absolute Gasteiger partial charge is 0.480 e. The molecule has 19 heavy (non-hydrogen) atoms. The number of carboxylic acids is 1. The van der Waals surface area contributed by atoms with Crippen molar-refractivity contribution in [2.45, 2.75) is 45.2 Å². The van der Waals surface area contributed by atoms with E-state index in [1.165, 1.54) is 12.1 Å². The van der Waals surface area contributed by atoms with Crippen molar-refractivity contribution < 1.29 is 14.3 Å². The number of hydrogen-bond donors (Lipinski definition) is 1. The Labute approximate surface area is 113 Å². The van der Waals surface area contributed by atoms with Gasteiger partial charge >= 0.3 is 5.97 Å². The molecule has 1 unspecified atom stereocenters. The van der Waals surface area contributed by atoms with Crippen LogP contribution in [-0.4, -0.2) is 28.1 Å². The van der Waals surface area contributed by atoms with Crippen LogP contribution in [0.25, 0.3) is 0 Å². The van der Waals surface area contributed by atoms with E-state index in [4.69, 9.17) is 0 Å². The third-order valence-electron chi connectivity index (χ3n) is 4.17. The first kappa shape index (κ1) is 14.0. The summed E-state index contributed by atoms with van der Waals surface area (Å²) in [4.78, 5) is 13.5. The first-order valence-corrected chi connectivity index (χ1v) is 6.67. The molecule has 1 saturated heterocycles. The van der Waals surface area contributed by atoms with Crippen LogP contribution in [-0.2, 0) is 11.3 Å². The molecule has 0 saturated carbocycles. The fraction of sp³-hybridized carbons (Fsp3) is 0.533. The number of nitrogens with zero attached hydrogens (tertiary/aromatic N) is 1. The Morgan fingerprint density at radius 1 is 1.47 bits per heavy atom. The van der Waals surface area contributed by atoms with Gasteiger partial charge in [0.15, 0.2) is 0 Å². The van der Waals surface area contributed by atoms with Crippen LogP contribution in [0.5, 0.6) is 0 Å². The topological polar surface area (TPSA) is 40.5 Å². The zero-order valence-electron chi connectivity index (χ0n) is 11.4. The van der Waals surface area contributed by atoms with Crippen LogP contribution >= 0.6 is 0 Å². The van der Waals surface area contributed by atoms with Crippen molar-refractivity contribution in [3.8, 4) is 0 Å². The van der Waals surface area contributed by atoms with Gasteiger partial charge in [-0.05, 0) is 62.9 Å². The van der Waals surface area contributed by atoms with E-state index < -0.39 is 11.5 Å². The Kier molecular flexibility index (Phi) is 3.90. The van der Waals surface area contributed by atoms with E-state index in [-0.39, 0.29) is 5.82 Å². The average Bonchev–Trinajstić information content (AvgIpc) is 2.35. The fourth-order valence-corrected chi connectivity index (χ4v) is 2.71. The highest BCUT2D eigenvalue weighted by Gasteiger charge is 2.41. The zero-order valence-corrected chi connectivity index (χ0v) is 11.4. The molecule has 3 nitrogen and oxygen atoms in total. The summed E-state index contributed by atoms with van der Waals surface area (Å²) in [7, 11) is 0. The van der Waals surface area contributed by atoms with Crippen molar-refractivity contribution in [1.82, 2.24) is 4.90 Å². The first-order chi connectivity index (χ1) is 8.93. The molecular formula is C15H20FNO2. The van der Waals surface area contributed by atoms with E-state index in [9.17, 15) is 14.3 Å². The van der Waals surface area contributed by atoms with Gasteiger partial charge in [-0.3, -0.25) is 9.69 Å². The van der Waals surface area contributed by atoms with Crippen molar-refractivity contribution in [3.63, 3.8) is 0 Å². The highest BCUT2D eigenvalue weighted by Crippen LogP contribution is 2.30. The van der Waals surface area contributed by atoms with Crippen LogP contribution in [0.1, 0.15) is 37.3 Å². The molecule has 1 aliphatic heterocycles. The molecule has 104 valence electrons. The lowest BCUT2D eigenvalue weighted by Gasteiger charge is -2.41. The standard InChI is InChI=1S/C15H20FNO2/c1-11-9-13(16)6-5-12(11)10-17-8-4-3-7-15(17,2)14(18)19/h5-6,9H,3-4,7-8,10H2,1-2H3,(H,18,19). The lowest BCUT2D eigenvalue weighted by molar-refractivity contribution is -0.153. The summed E-state index contributed by atoms with van der Waals surface area (Å²) in [5.41, 5.74) is 1.06. The summed E-state index contributed by atoms with van der Waals surface area (Å²) in [5, 5.41) is 9.46. The lowest BCUT2D eigenvalue weighted by atomic mass is 9.88. The number of piperidine rings is 1. The number of benzene rings is 1. The van der Waals surface area contributed by atoms with E-state index in [1.807, 2.05) is 11.8 Å². The predicted molar refractivity (Wildman–Crippen MR) is 71.4 cm³/mol. The highest BCUT2D eigenvalue weighted by atomic mass is 19.1. The van der Waals surface area contributed by atoms with Crippen molar-refractivity contribution in [1.29, 1.82) is 0 Å². The number of halogens is 1. The van der Waals surface area contributed by atoms with E-state index >= 15 is 0 Å². The number of aryl methyl sites for hydroxylation is 1. The average molecular weight is 265 g/mol. The van der Waals surface area contributed by atoms with Crippen LogP contribution < -0.4 is 0 Å². The molecule has 1 fully saturated rings. The normalized spacial score (nSPS) is 24.4. The number of rotatable bonds is 3. The minimum absolute atomic E-state index is 0.249. The van der Waals surface area contributed by atoms with Gasteiger partial charge in [-0.1, -0.05) is 6.07 Å². The molecule has 0 aromatic heterocycles. The number of carbonyl (C=O) groups is 1. The molecule has 1 atom stereocenters. The quantitative estimate of drug-likeness (QED) is 0.913. The Balaban J connectivity index is 2.22. The van der Waals surface area contributed by atoms with Gasteiger partial charge in [0, 0.05) is 6.54 Å². The second-order valence-corrected chi connectivity index (χ2v) is 5.53. The maximum atomic E-state index is 13.1. The molecule has 0 radical (unpaired) electrons. The molecular weight excluding hydrogens is 245 g/mol. The molecule has 1 heterocycles. The molecule has 0 amide bonds. The van der Waals surface area contributed by atoms with Gasteiger partial charge < -0.3 is 5.11 Å². The Morgan fingerprint density at radius 3 is 2.84 bits per heavy atom. The maximum absolute atomic E-state index is 13.1. The van der Waals surface area contributed by atoms with E-state index in [1.54, 1.807) is 13.0 Å². The Morgan fingerprint density at radius 2 is 2.21 bits per heavy atom. The van der Waals surface area contributed by atoms with Gasteiger partial charge in [0.2, 0.25) is 0 Å². The van der Waals surface area contributed by atoms with E-state index in [0.29, 0.717) is 13.0 Å². The van der Waals surface area contributed by atoms with Gasteiger partial charge in [0.1, 0.15) is 11.4 Å². The van der Waals surface area contributed by atoms with Gasteiger partial charge in [-0.25, -0.2) is 4.39 Å². The molecule has 0 bridgehead atoms. The van der Waals surface area contributed by atoms with Crippen molar-refractivity contribution in [3.05, 3.63) is 35.1 Å². The minimum atomic E-state index is -0.806. The summed E-state index contributed by atoms with van der Waals surface area (Å²) >= 11 is 0. The number of likely N-dealkylation sites (tertiary alicyclic amines) is 1. The van der Waals surface area contributed by atoms with Crippen LogP contribution in [0, 0.1) is 12.7 Å². The van der Waals surface area contributed by atoms with Crippen molar-refractivity contribution in [2.75, 3.05) is 6.54 Å². The molecule has 1 N–H and O–H groups in total. The van der Waals surface area contributed by atoms with Gasteiger partial charge in [0.05, 0.1) is 0 Å². The second-order valence-electron chi connectivity index (χ2n) is 5.53. The number of hydrogen-bond acceptors (Lipinski definition) is 2. The maximum Gasteiger partial charge on any atom is 0.323 e. The fourth-order valence-electron chi connectivity index (χ4n) is 2.71. The monoisotopic (exact) mass is 265 g/mol. The van der Waals surface area contributed by atoms with Crippen molar-refractivity contribution >= 4 is 5.97 Å². The third kappa shape index (κ3) is 2.78. The highest BCUT2D eigenvalue weighted by molar-refractivity contribution is 5.78. The Hall–Kier alpha value is -1.42. The Bertz CT molecular complexity index is 489. The van der Waals surface area contributed by atoms with Gasteiger partial charge in [0.25, 0.3) is 0 Å². The predicted octanol–water partition coefficient (Wildman–Crippen LogP) is 2.96. The summed E-state index contributed by atoms with van der Waals surface area (Å²) in [6, 6.07) is 4.68. The summed E-state index contributed by atoms with van der Waals surface area (Å²) in [6.45, 7) is 4.99. The van der Waals surface area contributed by atoms with Crippen molar-refractivity contribution in [2.24, 2.45) is 0 Å². The van der Waals surface area contributed by atoms with Crippen LogP contribution in [0.2, 0.25) is 0 Å². The smallest absolute Gasteiger partial charge is 0.323 e. The zero-order chi connectivity index (χ0) is 14.0. The molecule has 1 aromatic rings.